The van der Waals surface area contributed by atoms with Gasteiger partial charge < -0.3 is 15.2 Å². The van der Waals surface area contributed by atoms with Crippen molar-refractivity contribution in [2.24, 2.45) is 5.10 Å². The Morgan fingerprint density at radius 2 is 2.03 bits per heavy atom. The zero-order valence-electron chi connectivity index (χ0n) is 21.0. The van der Waals surface area contributed by atoms with Crippen molar-refractivity contribution in [2.45, 2.75) is 20.3 Å². The minimum absolute atomic E-state index is 0.0514. The van der Waals surface area contributed by atoms with Crippen LogP contribution >= 0.6 is 0 Å². The fourth-order valence-corrected chi connectivity index (χ4v) is 4.00. The second-order valence-corrected chi connectivity index (χ2v) is 8.46. The first-order valence-electron chi connectivity index (χ1n) is 11.8. The number of allylic oxidation sites excluding steroid dienone is 5. The summed E-state index contributed by atoms with van der Waals surface area (Å²) in [7, 11) is 1.72. The van der Waals surface area contributed by atoms with Gasteiger partial charge >= 0.3 is 0 Å². The normalized spacial score (nSPS) is 14.6. The minimum Gasteiger partial charge on any atom is -0.353 e. The zero-order chi connectivity index (χ0) is 26.1. The summed E-state index contributed by atoms with van der Waals surface area (Å²) >= 11 is 0. The van der Waals surface area contributed by atoms with Crippen LogP contribution in [0.15, 0.2) is 77.6 Å². The average Bonchev–Trinajstić information content (AvgIpc) is 2.89. The van der Waals surface area contributed by atoms with Crippen LogP contribution in [0.25, 0.3) is 0 Å². The molecular weight excluding hydrogens is 455 g/mol. The summed E-state index contributed by atoms with van der Waals surface area (Å²) in [6.07, 6.45) is 7.73. The summed E-state index contributed by atoms with van der Waals surface area (Å²) < 4.78 is 14.8. The van der Waals surface area contributed by atoms with Crippen molar-refractivity contribution >= 4 is 17.4 Å². The van der Waals surface area contributed by atoms with E-state index >= 15 is 0 Å². The van der Waals surface area contributed by atoms with Gasteiger partial charge in [0, 0.05) is 51.4 Å². The van der Waals surface area contributed by atoms with Gasteiger partial charge in [0.1, 0.15) is 17.7 Å². The Balaban J connectivity index is 1.75. The Morgan fingerprint density at radius 1 is 1.28 bits per heavy atom. The quantitative estimate of drug-likeness (QED) is 0.343. The minimum atomic E-state index is -0.545. The molecule has 3 rings (SSSR count). The molecule has 1 aliphatic heterocycles. The number of hydrogen-bond donors (Lipinski definition) is 1. The number of anilines is 1. The summed E-state index contributed by atoms with van der Waals surface area (Å²) in [5.41, 5.74) is 6.65. The maximum absolute atomic E-state index is 14.8. The van der Waals surface area contributed by atoms with Crippen LogP contribution in [-0.4, -0.2) is 54.7 Å². The van der Waals surface area contributed by atoms with Crippen molar-refractivity contribution in [2.75, 3.05) is 38.1 Å². The van der Waals surface area contributed by atoms with Crippen LogP contribution in [0.4, 0.5) is 10.2 Å². The van der Waals surface area contributed by atoms with Crippen molar-refractivity contribution in [3.05, 3.63) is 95.0 Å². The molecule has 1 aromatic heterocycles. The Morgan fingerprint density at radius 3 is 2.61 bits per heavy atom. The summed E-state index contributed by atoms with van der Waals surface area (Å²) in [6.45, 7) is 9.94. The van der Waals surface area contributed by atoms with Gasteiger partial charge in [-0.15, -0.1) is 0 Å². The molecule has 8 heteroatoms. The largest absolute Gasteiger partial charge is 0.353 e. The van der Waals surface area contributed by atoms with Gasteiger partial charge in [-0.05, 0) is 49.2 Å². The van der Waals surface area contributed by atoms with Crippen LogP contribution in [0.5, 0.6) is 0 Å². The fourth-order valence-electron chi connectivity index (χ4n) is 4.00. The van der Waals surface area contributed by atoms with Crippen molar-refractivity contribution in [3.63, 3.8) is 0 Å². The smallest absolute Gasteiger partial charge is 0.256 e. The molecule has 1 amide bonds. The number of hydrogen-bond acceptors (Lipinski definition) is 6. The number of amides is 1. The van der Waals surface area contributed by atoms with E-state index in [1.807, 2.05) is 32.1 Å². The highest BCUT2D eigenvalue weighted by Crippen LogP contribution is 2.20. The molecule has 0 unspecified atom stereocenters. The third-order valence-electron chi connectivity index (χ3n) is 5.87. The Kier molecular flexibility index (Phi) is 9.12. The summed E-state index contributed by atoms with van der Waals surface area (Å²) in [4.78, 5) is 21.3. The van der Waals surface area contributed by atoms with Gasteiger partial charge in [-0.1, -0.05) is 30.9 Å². The van der Waals surface area contributed by atoms with Crippen LogP contribution in [0.3, 0.4) is 0 Å². The number of benzene rings is 1. The number of carbonyl (C=O) groups is 1. The van der Waals surface area contributed by atoms with E-state index in [2.05, 4.69) is 33.1 Å². The topological polar surface area (TPSA) is 84.6 Å². The van der Waals surface area contributed by atoms with Crippen molar-refractivity contribution < 1.29 is 9.18 Å². The van der Waals surface area contributed by atoms with E-state index in [-0.39, 0.29) is 11.5 Å². The molecular formula is C28H31FN6O. The molecule has 0 saturated carbocycles. The monoisotopic (exact) mass is 486 g/mol. The van der Waals surface area contributed by atoms with Crippen LogP contribution in [0, 0.1) is 17.1 Å². The van der Waals surface area contributed by atoms with Gasteiger partial charge in [0.05, 0.1) is 16.8 Å². The number of hydrazone groups is 1. The average molecular weight is 487 g/mol. The molecule has 0 aliphatic carbocycles. The molecule has 36 heavy (non-hydrogen) atoms. The van der Waals surface area contributed by atoms with Gasteiger partial charge in [-0.3, -0.25) is 4.79 Å². The second kappa shape index (κ2) is 12.5. The van der Waals surface area contributed by atoms with Gasteiger partial charge in [0.15, 0.2) is 0 Å². The number of pyridine rings is 1. The number of nitrogens with one attached hydrogen (secondary N) is 1. The highest BCUT2D eigenvalue weighted by molar-refractivity contribution is 6.05. The van der Waals surface area contributed by atoms with E-state index in [9.17, 15) is 9.18 Å². The highest BCUT2D eigenvalue weighted by atomic mass is 19.1. The van der Waals surface area contributed by atoms with E-state index < -0.39 is 5.82 Å². The molecule has 186 valence electrons. The number of halogens is 1. The predicted octanol–water partition coefficient (Wildman–Crippen LogP) is 4.25. The Bertz CT molecular complexity index is 1230. The van der Waals surface area contributed by atoms with E-state index in [0.29, 0.717) is 38.2 Å². The zero-order valence-corrected chi connectivity index (χ0v) is 21.0. The third kappa shape index (κ3) is 6.45. The number of nitrogens with zero attached hydrogens (tertiary/aromatic N) is 5. The predicted molar refractivity (Wildman–Crippen MR) is 141 cm³/mol. The van der Waals surface area contributed by atoms with Crippen LogP contribution < -0.4 is 10.3 Å². The van der Waals surface area contributed by atoms with Gasteiger partial charge in [-0.25, -0.2) is 9.37 Å². The van der Waals surface area contributed by atoms with Crippen molar-refractivity contribution in [1.82, 2.24) is 15.3 Å². The lowest BCUT2D eigenvalue weighted by atomic mass is 9.96. The first-order valence-corrected chi connectivity index (χ1v) is 11.8. The molecule has 1 aromatic carbocycles. The molecule has 0 radical (unpaired) electrons. The standard InChI is InChI=1S/C28H31FN6O/c1-5-6-7-23(20(2)3)26(33-31-4)17-21-8-10-25(29)24(16-21)28(36)35-14-12-34(13-15-35)27-11-9-22(18-30)19-32-27/h5-11,16,19,31H,2,12-15,17H2,1,3-4H3/b6-5-,23-7+,33-26-. The summed E-state index contributed by atoms with van der Waals surface area (Å²) in [6, 6.07) is 10.2. The SMILES string of the molecule is C=C(C)C(=C\C=C/C)/C(Cc1ccc(F)c(C(=O)N2CCN(c3ccc(C#N)cn3)CC2)c1)=N\NC. The van der Waals surface area contributed by atoms with Crippen LogP contribution in [0.2, 0.25) is 0 Å². The number of piperazine rings is 1. The molecule has 2 aromatic rings. The van der Waals surface area contributed by atoms with E-state index in [1.165, 1.54) is 12.3 Å². The number of carbonyl (C=O) groups excluding carboxylic acids is 1. The van der Waals surface area contributed by atoms with E-state index in [1.54, 1.807) is 36.2 Å². The highest BCUT2D eigenvalue weighted by Gasteiger charge is 2.25. The Labute approximate surface area is 211 Å². The molecule has 0 bridgehead atoms. The first kappa shape index (κ1) is 26.4. The lowest BCUT2D eigenvalue weighted by Gasteiger charge is -2.35. The molecule has 1 aliphatic rings. The number of aromatic nitrogens is 1. The second-order valence-electron chi connectivity index (χ2n) is 8.46. The number of nitriles is 1. The van der Waals surface area contributed by atoms with Gasteiger partial charge in [-0.2, -0.15) is 10.4 Å². The molecule has 1 N–H and O–H groups in total. The maximum Gasteiger partial charge on any atom is 0.256 e. The first-order chi connectivity index (χ1) is 17.4. The van der Waals surface area contributed by atoms with E-state index in [4.69, 9.17) is 5.26 Å². The van der Waals surface area contributed by atoms with E-state index in [0.717, 1.165) is 28.2 Å². The van der Waals surface area contributed by atoms with Gasteiger partial charge in [0.25, 0.3) is 5.91 Å². The molecule has 2 heterocycles. The Hall–Kier alpha value is -4.25. The van der Waals surface area contributed by atoms with Crippen LogP contribution in [-0.2, 0) is 6.42 Å². The third-order valence-corrected chi connectivity index (χ3v) is 5.87. The number of rotatable bonds is 8. The van der Waals surface area contributed by atoms with Crippen LogP contribution in [0.1, 0.15) is 35.3 Å². The molecule has 0 atom stereocenters. The van der Waals surface area contributed by atoms with Gasteiger partial charge in [0.2, 0.25) is 0 Å². The molecule has 1 fully saturated rings. The molecule has 7 nitrogen and oxygen atoms in total. The lowest BCUT2D eigenvalue weighted by Crippen LogP contribution is -2.49. The maximum atomic E-state index is 14.8. The fraction of sp³-hybridized carbons (Fsp3) is 0.286. The lowest BCUT2D eigenvalue weighted by molar-refractivity contribution is 0.0741. The van der Waals surface area contributed by atoms with Crippen molar-refractivity contribution in [3.8, 4) is 6.07 Å². The molecule has 0 spiro atoms. The van der Waals surface area contributed by atoms with Crippen molar-refractivity contribution in [1.29, 1.82) is 5.26 Å². The summed E-state index contributed by atoms with van der Waals surface area (Å²) in [5, 5.41) is 13.4. The molecule has 1 saturated heterocycles. The summed E-state index contributed by atoms with van der Waals surface area (Å²) in [5.74, 6) is -0.125.